The SMILES string of the molecule is CC[C@H](C)[C@@H]([C@@H](CC(=O)N1CCC[C@H]1[C@H](OC)[C@@H](C)C(=O)N[C@H](C)[C@@H](O)c1ccccc1)OC)N(C)C(=O)[C@@H](NC(=O)[C@H](C(C)C)N(C)C(=O)OCc1ccc(NC(=O)[C@H](CCCN2CCCCC2)NC(=O)[C@@H](N[C@@H](C)CCCCCN2C(=O)C=CC2=O)C(C)C)cc1)C(C)C. The second kappa shape index (κ2) is 39.6. The first-order valence-electron chi connectivity index (χ1n) is 35.2. The molecule has 0 radical (unpaired) electrons. The summed E-state index contributed by atoms with van der Waals surface area (Å²) in [6, 6.07) is 10.9. The van der Waals surface area contributed by atoms with Gasteiger partial charge in [0.05, 0.1) is 54.8 Å². The molecule has 2 aromatic rings. The van der Waals surface area contributed by atoms with Crippen LogP contribution in [0.2, 0.25) is 0 Å². The van der Waals surface area contributed by atoms with Gasteiger partial charge in [0.1, 0.15) is 24.7 Å². The number of nitrogens with zero attached hydrogens (tertiary/aromatic N) is 5. The number of rotatable bonds is 39. The monoisotopic (exact) mass is 1340 g/mol. The van der Waals surface area contributed by atoms with Crippen LogP contribution in [0.15, 0.2) is 66.7 Å². The largest absolute Gasteiger partial charge is 0.445 e. The second-order valence-corrected chi connectivity index (χ2v) is 27.9. The number of likely N-dealkylation sites (tertiary alicyclic amines) is 2. The molecule has 13 atom stereocenters. The number of hydrogen-bond acceptors (Lipinski definition) is 15. The molecule has 3 aliphatic heterocycles. The van der Waals surface area contributed by atoms with Gasteiger partial charge < -0.3 is 60.6 Å². The van der Waals surface area contributed by atoms with E-state index in [9.17, 15) is 48.3 Å². The Morgan fingerprint density at radius 3 is 1.90 bits per heavy atom. The standard InChI is InChI=1S/C73H116N10O13/c1-16-49(8)65(58(94-14)44-61(86)82-43-27-32-57(82)67(95-15)51(10)68(88)75-52(11)66(87)54-29-21-17-22-30-54)79(12)72(92)63(47(4)5)78-71(91)64(48(6)7)80(13)73(93)96-45-53-33-35-55(36-34-53)76-69(89)56(31-26-41-81-39-23-19-24-40-81)77-70(90)62(46(2)3)74-50(9)28-20-18-25-42-83-59(84)37-38-60(83)85/h17,21-22,29-30,33-38,46-52,56-58,62-67,74,87H,16,18-20,23-28,31-32,39-45H2,1-15H3,(H,75,88)(H,76,89)(H,77,90)(H,78,91)/t49-,50-,51+,52+,56-,57-,58+,62-,63-,64-,65-,66+,67+/m0/s1. The average molecular weight is 1340 g/mol. The lowest BCUT2D eigenvalue weighted by molar-refractivity contribution is -0.148. The predicted molar refractivity (Wildman–Crippen MR) is 371 cm³/mol. The van der Waals surface area contributed by atoms with E-state index >= 15 is 0 Å². The maximum atomic E-state index is 14.9. The van der Waals surface area contributed by atoms with Crippen molar-refractivity contribution in [2.45, 2.75) is 233 Å². The minimum absolute atomic E-state index is 0.0168. The average Bonchev–Trinajstić information content (AvgIpc) is 1.80. The molecular weight excluding hydrogens is 1220 g/mol. The van der Waals surface area contributed by atoms with E-state index in [0.29, 0.717) is 68.4 Å². The molecule has 536 valence electrons. The molecule has 0 aliphatic carbocycles. The fourth-order valence-corrected chi connectivity index (χ4v) is 13.6. The number of ether oxygens (including phenoxy) is 3. The molecule has 6 N–H and O–H groups in total. The Kier molecular flexibility index (Phi) is 32.9. The first-order chi connectivity index (χ1) is 45.6. The summed E-state index contributed by atoms with van der Waals surface area (Å²) >= 11 is 0. The van der Waals surface area contributed by atoms with Crippen LogP contribution in [0.5, 0.6) is 0 Å². The molecule has 2 aromatic carbocycles. The van der Waals surface area contributed by atoms with E-state index in [2.05, 4.69) is 31.5 Å². The van der Waals surface area contributed by atoms with Gasteiger partial charge in [0.15, 0.2) is 0 Å². The van der Waals surface area contributed by atoms with Gasteiger partial charge in [0.2, 0.25) is 35.4 Å². The lowest BCUT2D eigenvalue weighted by Gasteiger charge is -2.41. The van der Waals surface area contributed by atoms with Crippen LogP contribution in [-0.4, -0.2) is 205 Å². The molecule has 2 fully saturated rings. The first-order valence-corrected chi connectivity index (χ1v) is 35.2. The van der Waals surface area contributed by atoms with Crippen molar-refractivity contribution < 1.29 is 62.5 Å². The summed E-state index contributed by atoms with van der Waals surface area (Å²) in [5, 5.41) is 26.5. The van der Waals surface area contributed by atoms with E-state index in [1.165, 1.54) is 49.6 Å². The highest BCUT2D eigenvalue weighted by atomic mass is 16.6. The summed E-state index contributed by atoms with van der Waals surface area (Å²) in [6.45, 7) is 24.2. The molecule has 0 saturated carbocycles. The van der Waals surface area contributed by atoms with Gasteiger partial charge >= 0.3 is 6.09 Å². The third kappa shape index (κ3) is 23.2. The summed E-state index contributed by atoms with van der Waals surface area (Å²) in [7, 11) is 6.19. The quantitative estimate of drug-likeness (QED) is 0.0276. The van der Waals surface area contributed by atoms with Crippen LogP contribution >= 0.6 is 0 Å². The van der Waals surface area contributed by atoms with Crippen LogP contribution in [0.3, 0.4) is 0 Å². The number of amides is 9. The van der Waals surface area contributed by atoms with Crippen LogP contribution in [0.4, 0.5) is 10.5 Å². The van der Waals surface area contributed by atoms with Crippen molar-refractivity contribution in [1.82, 2.24) is 45.8 Å². The van der Waals surface area contributed by atoms with Gasteiger partial charge in [0.25, 0.3) is 11.8 Å². The predicted octanol–water partition coefficient (Wildman–Crippen LogP) is 7.76. The molecule has 0 unspecified atom stereocenters. The second-order valence-electron chi connectivity index (χ2n) is 27.9. The van der Waals surface area contributed by atoms with Crippen LogP contribution < -0.4 is 26.6 Å². The highest BCUT2D eigenvalue weighted by molar-refractivity contribution is 6.12. The smallest absolute Gasteiger partial charge is 0.410 e. The number of piperidine rings is 1. The molecule has 5 rings (SSSR count). The fourth-order valence-electron chi connectivity index (χ4n) is 13.6. The van der Waals surface area contributed by atoms with Crippen LogP contribution in [-0.2, 0) is 59.2 Å². The van der Waals surface area contributed by atoms with Gasteiger partial charge in [-0.1, -0.05) is 130 Å². The number of imide groups is 1. The molecule has 0 spiro atoms. The Balaban J connectivity index is 1.18. The zero-order valence-corrected chi connectivity index (χ0v) is 60.1. The summed E-state index contributed by atoms with van der Waals surface area (Å²) in [5.41, 5.74) is 1.77. The van der Waals surface area contributed by atoms with Crippen LogP contribution in [0.25, 0.3) is 0 Å². The Hall–Kier alpha value is -6.79. The molecule has 23 heteroatoms. The Labute approximate surface area is 571 Å². The molecular formula is C73H116N10O13. The van der Waals surface area contributed by atoms with Gasteiger partial charge in [-0.3, -0.25) is 48.2 Å². The minimum Gasteiger partial charge on any atom is -0.445 e. The summed E-state index contributed by atoms with van der Waals surface area (Å²) < 4.78 is 17.9. The number of likely N-dealkylation sites (N-methyl/N-ethyl adjacent to an activating group) is 2. The lowest BCUT2D eigenvalue weighted by Crippen LogP contribution is -2.60. The van der Waals surface area contributed by atoms with Crippen molar-refractivity contribution >= 4 is 59.0 Å². The third-order valence-electron chi connectivity index (χ3n) is 19.5. The van der Waals surface area contributed by atoms with E-state index < -0.39 is 96.3 Å². The number of nitrogens with one attached hydrogen (secondary N) is 5. The highest BCUT2D eigenvalue weighted by Crippen LogP contribution is 2.31. The number of methoxy groups -OCH3 is 2. The zero-order valence-electron chi connectivity index (χ0n) is 60.1. The van der Waals surface area contributed by atoms with E-state index in [1.807, 2.05) is 66.7 Å². The van der Waals surface area contributed by atoms with E-state index in [0.717, 1.165) is 51.7 Å². The fraction of sp³-hybridized carbons (Fsp3) is 0.685. The molecule has 2 saturated heterocycles. The molecule has 96 heavy (non-hydrogen) atoms. The summed E-state index contributed by atoms with van der Waals surface area (Å²) in [5.74, 6) is -4.38. The van der Waals surface area contributed by atoms with E-state index in [-0.39, 0.29) is 66.3 Å². The Morgan fingerprint density at radius 2 is 1.30 bits per heavy atom. The van der Waals surface area contributed by atoms with Crippen molar-refractivity contribution in [1.29, 1.82) is 0 Å². The highest BCUT2D eigenvalue weighted by Gasteiger charge is 2.44. The number of unbranched alkanes of at least 4 members (excludes halogenated alkanes) is 2. The zero-order chi connectivity index (χ0) is 70.9. The van der Waals surface area contributed by atoms with Crippen LogP contribution in [0, 0.1) is 29.6 Å². The number of carbonyl (C=O) groups is 9. The topological polar surface area (TPSA) is 278 Å². The lowest BCUT2D eigenvalue weighted by atomic mass is 9.89. The van der Waals surface area contributed by atoms with Gasteiger partial charge in [-0.25, -0.2) is 4.79 Å². The van der Waals surface area contributed by atoms with Crippen molar-refractivity contribution in [2.24, 2.45) is 29.6 Å². The molecule has 3 heterocycles. The van der Waals surface area contributed by atoms with Crippen molar-refractivity contribution in [3.63, 3.8) is 0 Å². The molecule has 3 aliphatic rings. The van der Waals surface area contributed by atoms with Crippen LogP contribution in [0.1, 0.15) is 177 Å². The maximum absolute atomic E-state index is 14.9. The molecule has 9 amide bonds. The van der Waals surface area contributed by atoms with E-state index in [1.54, 1.807) is 80.9 Å². The van der Waals surface area contributed by atoms with E-state index in [4.69, 9.17) is 14.2 Å². The molecule has 0 aromatic heterocycles. The third-order valence-corrected chi connectivity index (χ3v) is 19.5. The Morgan fingerprint density at radius 1 is 0.656 bits per heavy atom. The van der Waals surface area contributed by atoms with Crippen molar-refractivity contribution in [2.75, 3.05) is 66.4 Å². The normalized spacial score (nSPS) is 19.0. The van der Waals surface area contributed by atoms with Gasteiger partial charge in [-0.2, -0.15) is 0 Å². The number of carbonyl (C=O) groups excluding carboxylic acids is 9. The Bertz CT molecular complexity index is 2830. The number of anilines is 1. The van der Waals surface area contributed by atoms with Crippen molar-refractivity contribution in [3.05, 3.63) is 77.9 Å². The maximum Gasteiger partial charge on any atom is 0.410 e. The summed E-state index contributed by atoms with van der Waals surface area (Å²) in [4.78, 5) is 132. The number of aliphatic hydroxyl groups is 1. The number of hydrogen-bond donors (Lipinski definition) is 6. The van der Waals surface area contributed by atoms with Crippen molar-refractivity contribution in [3.8, 4) is 0 Å². The van der Waals surface area contributed by atoms with Gasteiger partial charge in [-0.05, 0) is 132 Å². The molecule has 0 bridgehead atoms. The number of benzene rings is 2. The van der Waals surface area contributed by atoms with Gasteiger partial charge in [0, 0.05) is 65.3 Å². The first kappa shape index (κ1) is 79.9. The number of aliphatic hydroxyl groups excluding tert-OH is 1. The summed E-state index contributed by atoms with van der Waals surface area (Å²) in [6.07, 6.45) is 9.09. The van der Waals surface area contributed by atoms with Gasteiger partial charge in [-0.15, -0.1) is 0 Å². The molecule has 23 nitrogen and oxygen atoms in total. The minimum atomic E-state index is -1.04.